The van der Waals surface area contributed by atoms with Crippen LogP contribution in [0.3, 0.4) is 0 Å². The van der Waals surface area contributed by atoms with Crippen molar-refractivity contribution >= 4 is 17.5 Å². The Kier molecular flexibility index (Phi) is 2.98. The van der Waals surface area contributed by atoms with E-state index in [1.165, 1.54) is 6.42 Å². The molecule has 0 heterocycles. The topological polar surface area (TPSA) is 29.1 Å². The van der Waals surface area contributed by atoms with E-state index in [0.29, 0.717) is 11.3 Å². The van der Waals surface area contributed by atoms with Gasteiger partial charge in [0.2, 0.25) is 5.91 Å². The fraction of sp³-hybridized carbons (Fsp3) is 0.917. The van der Waals surface area contributed by atoms with E-state index < -0.39 is 0 Å². The van der Waals surface area contributed by atoms with E-state index in [1.54, 1.807) is 0 Å². The first-order chi connectivity index (χ1) is 6.99. The van der Waals surface area contributed by atoms with Crippen LogP contribution in [0.25, 0.3) is 0 Å². The lowest BCUT2D eigenvalue weighted by Gasteiger charge is -2.11. The standard InChI is InChI=1S/C12H20ClNO/c1-12(2)6-10(12)11(15)14-7-8-3-4-9(13)5-8/h8-10H,3-7H2,1-2H3,(H,14,15). The quantitative estimate of drug-likeness (QED) is 0.741. The van der Waals surface area contributed by atoms with E-state index in [2.05, 4.69) is 19.2 Å². The lowest BCUT2D eigenvalue weighted by Crippen LogP contribution is -2.30. The van der Waals surface area contributed by atoms with Crippen molar-refractivity contribution in [2.24, 2.45) is 17.3 Å². The summed E-state index contributed by atoms with van der Waals surface area (Å²) in [6.45, 7) is 5.14. The minimum atomic E-state index is 0.245. The number of halogens is 1. The Morgan fingerprint density at radius 1 is 1.47 bits per heavy atom. The highest BCUT2D eigenvalue weighted by atomic mass is 35.5. The number of carbonyl (C=O) groups excluding carboxylic acids is 1. The molecule has 0 saturated heterocycles. The Hall–Kier alpha value is -0.240. The van der Waals surface area contributed by atoms with Crippen LogP contribution in [0.5, 0.6) is 0 Å². The number of hydrogen-bond acceptors (Lipinski definition) is 1. The van der Waals surface area contributed by atoms with Gasteiger partial charge in [-0.25, -0.2) is 0 Å². The van der Waals surface area contributed by atoms with Crippen LogP contribution in [-0.4, -0.2) is 17.8 Å². The van der Waals surface area contributed by atoms with E-state index in [-0.39, 0.29) is 17.2 Å². The van der Waals surface area contributed by atoms with Gasteiger partial charge >= 0.3 is 0 Å². The summed E-state index contributed by atoms with van der Waals surface area (Å²) in [5.41, 5.74) is 0.245. The van der Waals surface area contributed by atoms with E-state index >= 15 is 0 Å². The van der Waals surface area contributed by atoms with E-state index in [9.17, 15) is 4.79 Å². The third-order valence-corrected chi connectivity index (χ3v) is 4.27. The highest BCUT2D eigenvalue weighted by molar-refractivity contribution is 6.20. The third-order valence-electron chi connectivity index (χ3n) is 3.87. The summed E-state index contributed by atoms with van der Waals surface area (Å²) >= 11 is 6.03. The van der Waals surface area contributed by atoms with Gasteiger partial charge in [-0.15, -0.1) is 11.6 Å². The molecule has 2 fully saturated rings. The Balaban J connectivity index is 1.68. The van der Waals surface area contributed by atoms with Gasteiger partial charge in [0.1, 0.15) is 0 Å². The molecule has 0 aromatic heterocycles. The molecule has 1 N–H and O–H groups in total. The van der Waals surface area contributed by atoms with Crippen LogP contribution in [0, 0.1) is 17.3 Å². The van der Waals surface area contributed by atoms with Crippen LogP contribution in [0.4, 0.5) is 0 Å². The SMILES string of the molecule is CC1(C)CC1C(=O)NCC1CCC(Cl)C1. The molecular formula is C12H20ClNO. The van der Waals surface area contributed by atoms with Gasteiger partial charge in [-0.2, -0.15) is 0 Å². The molecule has 2 saturated carbocycles. The molecule has 3 heteroatoms. The Labute approximate surface area is 96.8 Å². The summed E-state index contributed by atoms with van der Waals surface area (Å²) in [5, 5.41) is 3.40. The van der Waals surface area contributed by atoms with Gasteiger partial charge in [0.25, 0.3) is 0 Å². The molecular weight excluding hydrogens is 210 g/mol. The summed E-state index contributed by atoms with van der Waals surface area (Å²) in [6.07, 6.45) is 4.39. The van der Waals surface area contributed by atoms with Crippen molar-refractivity contribution < 1.29 is 4.79 Å². The highest BCUT2D eigenvalue weighted by Gasteiger charge is 2.50. The number of rotatable bonds is 3. The fourth-order valence-electron chi connectivity index (χ4n) is 2.48. The van der Waals surface area contributed by atoms with Crippen molar-refractivity contribution in [1.29, 1.82) is 0 Å². The Morgan fingerprint density at radius 3 is 2.60 bits per heavy atom. The molecule has 86 valence electrons. The first-order valence-corrected chi connectivity index (χ1v) is 6.34. The van der Waals surface area contributed by atoms with E-state index in [0.717, 1.165) is 25.8 Å². The maximum absolute atomic E-state index is 11.7. The predicted octanol–water partition coefficient (Wildman–Crippen LogP) is 2.56. The van der Waals surface area contributed by atoms with Gasteiger partial charge < -0.3 is 5.32 Å². The molecule has 0 radical (unpaired) electrons. The molecule has 3 atom stereocenters. The number of carbonyl (C=O) groups is 1. The minimum Gasteiger partial charge on any atom is -0.356 e. The van der Waals surface area contributed by atoms with E-state index in [4.69, 9.17) is 11.6 Å². The van der Waals surface area contributed by atoms with Crippen molar-refractivity contribution in [3.63, 3.8) is 0 Å². The number of amides is 1. The van der Waals surface area contributed by atoms with Crippen LogP contribution < -0.4 is 5.32 Å². The van der Waals surface area contributed by atoms with Gasteiger partial charge in [-0.3, -0.25) is 4.79 Å². The molecule has 2 nitrogen and oxygen atoms in total. The second-order valence-corrected chi connectivity index (χ2v) is 6.38. The first kappa shape index (κ1) is 11.3. The Morgan fingerprint density at radius 2 is 2.13 bits per heavy atom. The number of hydrogen-bond donors (Lipinski definition) is 1. The minimum absolute atomic E-state index is 0.245. The molecule has 15 heavy (non-hydrogen) atoms. The van der Waals surface area contributed by atoms with E-state index in [1.807, 2.05) is 0 Å². The van der Waals surface area contributed by atoms with Crippen LogP contribution in [0.15, 0.2) is 0 Å². The fourth-order valence-corrected chi connectivity index (χ4v) is 2.86. The molecule has 0 aliphatic heterocycles. The molecule has 0 spiro atoms. The zero-order chi connectivity index (χ0) is 11.1. The summed E-state index contributed by atoms with van der Waals surface area (Å²) in [7, 11) is 0. The molecule has 0 aromatic carbocycles. The van der Waals surface area contributed by atoms with Gasteiger partial charge in [-0.05, 0) is 37.0 Å². The second kappa shape index (κ2) is 3.97. The molecule has 0 aromatic rings. The number of alkyl halides is 1. The third kappa shape index (κ3) is 2.66. The van der Waals surface area contributed by atoms with Gasteiger partial charge in [0.15, 0.2) is 0 Å². The zero-order valence-corrected chi connectivity index (χ0v) is 10.3. The molecule has 2 aliphatic carbocycles. The zero-order valence-electron chi connectivity index (χ0n) is 9.55. The molecule has 1 amide bonds. The van der Waals surface area contributed by atoms with Crippen molar-refractivity contribution in [2.45, 2.75) is 44.9 Å². The first-order valence-electron chi connectivity index (χ1n) is 5.91. The highest BCUT2D eigenvalue weighted by Crippen LogP contribution is 2.51. The summed E-state index contributed by atoms with van der Waals surface area (Å²) < 4.78 is 0. The predicted molar refractivity (Wildman–Crippen MR) is 61.9 cm³/mol. The summed E-state index contributed by atoms with van der Waals surface area (Å²) in [5.74, 6) is 1.11. The average molecular weight is 230 g/mol. The van der Waals surface area contributed by atoms with Crippen LogP contribution in [0.1, 0.15) is 39.5 Å². The molecule has 2 rings (SSSR count). The molecule has 0 bridgehead atoms. The number of nitrogens with one attached hydrogen (secondary N) is 1. The van der Waals surface area contributed by atoms with Crippen molar-refractivity contribution in [2.75, 3.05) is 6.54 Å². The monoisotopic (exact) mass is 229 g/mol. The largest absolute Gasteiger partial charge is 0.356 e. The lowest BCUT2D eigenvalue weighted by molar-refractivity contribution is -0.123. The van der Waals surface area contributed by atoms with Gasteiger partial charge in [0.05, 0.1) is 0 Å². The normalized spacial score (nSPS) is 37.7. The maximum Gasteiger partial charge on any atom is 0.223 e. The van der Waals surface area contributed by atoms with Gasteiger partial charge in [-0.1, -0.05) is 13.8 Å². The maximum atomic E-state index is 11.7. The Bertz CT molecular complexity index is 264. The second-order valence-electron chi connectivity index (χ2n) is 5.77. The summed E-state index contributed by atoms with van der Waals surface area (Å²) in [6, 6.07) is 0. The van der Waals surface area contributed by atoms with Gasteiger partial charge in [0, 0.05) is 17.8 Å². The van der Waals surface area contributed by atoms with Crippen molar-refractivity contribution in [1.82, 2.24) is 5.32 Å². The lowest BCUT2D eigenvalue weighted by atomic mass is 10.1. The average Bonchev–Trinajstić information content (AvgIpc) is 2.59. The van der Waals surface area contributed by atoms with Crippen LogP contribution in [-0.2, 0) is 4.79 Å². The van der Waals surface area contributed by atoms with Crippen LogP contribution in [0.2, 0.25) is 0 Å². The van der Waals surface area contributed by atoms with Crippen molar-refractivity contribution in [3.8, 4) is 0 Å². The smallest absolute Gasteiger partial charge is 0.223 e. The molecule has 3 unspecified atom stereocenters. The summed E-state index contributed by atoms with van der Waals surface area (Å²) in [4.78, 5) is 11.7. The van der Waals surface area contributed by atoms with Crippen molar-refractivity contribution in [3.05, 3.63) is 0 Å². The molecule has 2 aliphatic rings. The van der Waals surface area contributed by atoms with Crippen LogP contribution >= 0.6 is 11.6 Å².